The number of hydrogen-bond donors (Lipinski definition) is 0. The third-order valence-corrected chi connectivity index (χ3v) is 13.0. The average molecular weight is 1090 g/mol. The van der Waals surface area contributed by atoms with Gasteiger partial charge in [-0.15, -0.1) is 0 Å². The van der Waals surface area contributed by atoms with E-state index in [1.54, 1.807) is 0 Å². The van der Waals surface area contributed by atoms with Crippen molar-refractivity contribution in [2.24, 2.45) is 0 Å². The van der Waals surface area contributed by atoms with Gasteiger partial charge in [-0.25, -0.2) is 0 Å². The molecule has 0 aliphatic rings. The fourth-order valence-electron chi connectivity index (χ4n) is 8.27. The molecule has 0 aliphatic carbocycles. The smallest absolute Gasteiger partial charge is 0.306 e. The minimum absolute atomic E-state index is 0.110. The Balaban J connectivity index is 4.53. The van der Waals surface area contributed by atoms with Gasteiger partial charge in [0.15, 0.2) is 6.10 Å². The third-order valence-electron chi connectivity index (χ3n) is 13.0. The summed E-state index contributed by atoms with van der Waals surface area (Å²) >= 11 is 0. The summed E-state index contributed by atoms with van der Waals surface area (Å²) in [5.74, 6) is -0.974. The molecule has 1 unspecified atom stereocenters. The van der Waals surface area contributed by atoms with Crippen molar-refractivity contribution in [3.8, 4) is 0 Å². The second kappa shape index (κ2) is 65.5. The lowest BCUT2D eigenvalue weighted by Gasteiger charge is -2.18. The Kier molecular flexibility index (Phi) is 61.4. The van der Waals surface area contributed by atoms with Crippen molar-refractivity contribution in [2.45, 2.75) is 271 Å². The second-order valence-electron chi connectivity index (χ2n) is 20.5. The molecule has 0 fully saturated rings. The van der Waals surface area contributed by atoms with Crippen LogP contribution in [0.5, 0.6) is 0 Å². The summed E-state index contributed by atoms with van der Waals surface area (Å²) in [7, 11) is 0. The Hall–Kier alpha value is -4.97. The van der Waals surface area contributed by atoms with Gasteiger partial charge in [-0.1, -0.05) is 256 Å². The molecule has 0 spiro atoms. The summed E-state index contributed by atoms with van der Waals surface area (Å²) in [6.07, 6.45) is 95.2. The number of carbonyl (C=O) groups excluding carboxylic acids is 3. The van der Waals surface area contributed by atoms with Crippen molar-refractivity contribution in [1.29, 1.82) is 0 Å². The standard InChI is InChI=1S/C73H116O6/c1-4-7-10-13-16-19-22-25-28-31-33-35-36-38-39-42-45-48-51-54-57-60-63-66-72(75)78-69-70(68-77-71(74)65-62-59-56-53-50-47-44-41-30-27-24-21-18-15-12-9-6-3)79-73(76)67-64-61-58-55-52-49-46-43-40-37-34-32-29-26-23-20-17-14-11-8-5-2/h7-8,10-11,16-21,25-30,33-35,37-39,43,46,52,55,70H,4-6,9,12-15,22-24,31-32,36,40-42,44-45,47-51,53-54,56-69H2,1-3H3/b10-7-,11-8-,19-16-,20-17-,21-18-,28-25-,29-26-,30-27-,35-33-,37-34-,39-38-,46-43-,55-52-. The average Bonchev–Trinajstić information content (AvgIpc) is 3.45. The molecule has 0 saturated carbocycles. The first-order chi connectivity index (χ1) is 39.0. The summed E-state index contributed by atoms with van der Waals surface area (Å²) in [5, 5.41) is 0. The molecule has 0 aromatic rings. The fourth-order valence-corrected chi connectivity index (χ4v) is 8.27. The van der Waals surface area contributed by atoms with E-state index in [-0.39, 0.29) is 37.5 Å². The van der Waals surface area contributed by atoms with Gasteiger partial charge in [0, 0.05) is 19.3 Å². The Morgan fingerprint density at radius 2 is 0.494 bits per heavy atom. The number of unbranched alkanes of at least 4 members (excludes halogenated alkanes) is 19. The predicted molar refractivity (Wildman–Crippen MR) is 343 cm³/mol. The van der Waals surface area contributed by atoms with Crippen LogP contribution in [0.4, 0.5) is 0 Å². The maximum atomic E-state index is 12.9. The molecule has 0 radical (unpaired) electrons. The Morgan fingerprint density at radius 1 is 0.266 bits per heavy atom. The number of esters is 3. The summed E-state index contributed by atoms with van der Waals surface area (Å²) < 4.78 is 16.9. The van der Waals surface area contributed by atoms with E-state index < -0.39 is 6.10 Å². The van der Waals surface area contributed by atoms with Gasteiger partial charge in [-0.05, 0) is 148 Å². The molecule has 0 aliphatic heterocycles. The number of carbonyl (C=O) groups is 3. The molecular formula is C73H116O6. The fraction of sp³-hybridized carbons (Fsp3) is 0.603. The van der Waals surface area contributed by atoms with Gasteiger partial charge in [0.25, 0.3) is 0 Å². The SMILES string of the molecule is CC/C=C\C/C=C\C/C=C\C/C=C\C/C=C\C/C=C\CCCCC(=O)OC(COC(=O)CCCCCCCCC/C=C\C/C=C\C/C=C\C/C=C\C/C=C\CC)COC(=O)CCCCCCCCC/C=C\C/C=C\CCCCC. The molecule has 6 heteroatoms. The molecule has 0 amide bonds. The van der Waals surface area contributed by atoms with E-state index in [2.05, 4.69) is 179 Å². The van der Waals surface area contributed by atoms with Gasteiger partial charge >= 0.3 is 17.9 Å². The molecule has 0 N–H and O–H groups in total. The quantitative estimate of drug-likeness (QED) is 0.0261. The third kappa shape index (κ3) is 63.7. The van der Waals surface area contributed by atoms with E-state index in [9.17, 15) is 14.4 Å². The maximum Gasteiger partial charge on any atom is 0.306 e. The highest BCUT2D eigenvalue weighted by Gasteiger charge is 2.19. The van der Waals surface area contributed by atoms with Gasteiger partial charge in [-0.2, -0.15) is 0 Å². The largest absolute Gasteiger partial charge is 0.462 e. The van der Waals surface area contributed by atoms with Crippen molar-refractivity contribution in [2.75, 3.05) is 13.2 Å². The van der Waals surface area contributed by atoms with Crippen molar-refractivity contribution >= 4 is 17.9 Å². The van der Waals surface area contributed by atoms with Crippen LogP contribution in [0.1, 0.15) is 265 Å². The van der Waals surface area contributed by atoms with Crippen molar-refractivity contribution in [1.82, 2.24) is 0 Å². The molecule has 1 atom stereocenters. The summed E-state index contributed by atoms with van der Waals surface area (Å²) in [6.45, 7) is 6.34. The van der Waals surface area contributed by atoms with E-state index in [1.165, 1.54) is 77.0 Å². The normalized spacial score (nSPS) is 13.2. The molecule has 79 heavy (non-hydrogen) atoms. The van der Waals surface area contributed by atoms with Crippen molar-refractivity contribution in [3.05, 3.63) is 158 Å². The Bertz CT molecular complexity index is 1780. The number of rotatable bonds is 56. The zero-order valence-electron chi connectivity index (χ0n) is 50.8. The van der Waals surface area contributed by atoms with Crippen LogP contribution in [0.3, 0.4) is 0 Å². The first-order valence-electron chi connectivity index (χ1n) is 32.0. The second-order valence-corrected chi connectivity index (χ2v) is 20.5. The highest BCUT2D eigenvalue weighted by molar-refractivity contribution is 5.71. The van der Waals surface area contributed by atoms with Crippen LogP contribution in [0.15, 0.2) is 158 Å². The molecule has 0 aromatic heterocycles. The molecule has 444 valence electrons. The zero-order chi connectivity index (χ0) is 57.1. The monoisotopic (exact) mass is 1090 g/mol. The lowest BCUT2D eigenvalue weighted by Crippen LogP contribution is -2.30. The first kappa shape index (κ1) is 74.0. The Labute approximate surface area is 486 Å². The van der Waals surface area contributed by atoms with Gasteiger partial charge in [0.1, 0.15) is 13.2 Å². The Morgan fingerprint density at radius 3 is 0.797 bits per heavy atom. The van der Waals surface area contributed by atoms with Crippen LogP contribution in [-0.2, 0) is 28.6 Å². The minimum atomic E-state index is -0.819. The molecule has 0 aromatic carbocycles. The molecule has 0 rings (SSSR count). The predicted octanol–water partition coefficient (Wildman–Crippen LogP) is 22.1. The van der Waals surface area contributed by atoms with E-state index in [0.717, 1.165) is 141 Å². The van der Waals surface area contributed by atoms with E-state index in [0.29, 0.717) is 19.3 Å². The topological polar surface area (TPSA) is 78.9 Å². The van der Waals surface area contributed by atoms with Gasteiger partial charge in [-0.3, -0.25) is 14.4 Å². The number of hydrogen-bond acceptors (Lipinski definition) is 6. The molecule has 6 nitrogen and oxygen atoms in total. The van der Waals surface area contributed by atoms with Gasteiger partial charge in [0.05, 0.1) is 0 Å². The zero-order valence-corrected chi connectivity index (χ0v) is 50.8. The summed E-state index contributed by atoms with van der Waals surface area (Å²) in [6, 6.07) is 0. The molecule has 0 heterocycles. The van der Waals surface area contributed by atoms with E-state index in [4.69, 9.17) is 14.2 Å². The summed E-state index contributed by atoms with van der Waals surface area (Å²) in [5.41, 5.74) is 0. The number of allylic oxidation sites excluding steroid dienone is 26. The highest BCUT2D eigenvalue weighted by atomic mass is 16.6. The van der Waals surface area contributed by atoms with Crippen LogP contribution in [0, 0.1) is 0 Å². The lowest BCUT2D eigenvalue weighted by molar-refractivity contribution is -0.167. The van der Waals surface area contributed by atoms with E-state index >= 15 is 0 Å². The highest BCUT2D eigenvalue weighted by Crippen LogP contribution is 2.14. The lowest BCUT2D eigenvalue weighted by atomic mass is 10.1. The van der Waals surface area contributed by atoms with Gasteiger partial charge < -0.3 is 14.2 Å². The van der Waals surface area contributed by atoms with Crippen LogP contribution >= 0.6 is 0 Å². The van der Waals surface area contributed by atoms with E-state index in [1.807, 2.05) is 0 Å². The van der Waals surface area contributed by atoms with Gasteiger partial charge in [0.2, 0.25) is 0 Å². The first-order valence-corrected chi connectivity index (χ1v) is 32.0. The molecule has 0 bridgehead atoms. The summed E-state index contributed by atoms with van der Waals surface area (Å²) in [4.78, 5) is 38.4. The molecule has 0 saturated heterocycles. The molecular weight excluding hydrogens is 973 g/mol. The minimum Gasteiger partial charge on any atom is -0.462 e. The van der Waals surface area contributed by atoms with Crippen LogP contribution < -0.4 is 0 Å². The number of ether oxygens (including phenoxy) is 3. The van der Waals surface area contributed by atoms with Crippen LogP contribution in [-0.4, -0.2) is 37.2 Å². The maximum absolute atomic E-state index is 12.9. The van der Waals surface area contributed by atoms with Crippen molar-refractivity contribution < 1.29 is 28.6 Å². The van der Waals surface area contributed by atoms with Crippen LogP contribution in [0.2, 0.25) is 0 Å². The van der Waals surface area contributed by atoms with Crippen molar-refractivity contribution in [3.63, 3.8) is 0 Å². The van der Waals surface area contributed by atoms with Crippen LogP contribution in [0.25, 0.3) is 0 Å².